The van der Waals surface area contributed by atoms with Crippen LogP contribution in [0.2, 0.25) is 0 Å². The van der Waals surface area contributed by atoms with E-state index in [0.717, 1.165) is 5.56 Å². The Balaban J connectivity index is 2.21. The second-order valence-electron chi connectivity index (χ2n) is 5.22. The predicted molar refractivity (Wildman–Crippen MR) is 87.8 cm³/mol. The number of aryl methyl sites for hydroxylation is 1. The van der Waals surface area contributed by atoms with Crippen LogP contribution >= 0.6 is 0 Å². The fourth-order valence-corrected chi connectivity index (χ4v) is 2.25. The van der Waals surface area contributed by atoms with Crippen molar-refractivity contribution < 1.29 is 14.4 Å². The lowest BCUT2D eigenvalue weighted by Gasteiger charge is -2.15. The van der Waals surface area contributed by atoms with Gasteiger partial charge in [0, 0.05) is 19.7 Å². The van der Waals surface area contributed by atoms with Gasteiger partial charge in [-0.05, 0) is 6.07 Å². The van der Waals surface area contributed by atoms with Crippen LogP contribution in [0.15, 0.2) is 36.4 Å². The van der Waals surface area contributed by atoms with Crippen LogP contribution in [-0.2, 0) is 16.6 Å². The highest BCUT2D eigenvalue weighted by Gasteiger charge is 2.24. The summed E-state index contributed by atoms with van der Waals surface area (Å²) in [5.41, 5.74) is 6.89. The summed E-state index contributed by atoms with van der Waals surface area (Å²) in [7, 11) is 3.05. The van der Waals surface area contributed by atoms with Crippen molar-refractivity contribution in [2.24, 2.45) is 12.8 Å². The molecule has 2 aromatic rings. The molecule has 0 aliphatic heterocycles. The van der Waals surface area contributed by atoms with Crippen LogP contribution in [0.4, 0.5) is 0 Å². The van der Waals surface area contributed by atoms with E-state index in [9.17, 15) is 14.4 Å². The number of benzene rings is 1. The molecular formula is C16H19N5O3. The molecular weight excluding hydrogens is 310 g/mol. The van der Waals surface area contributed by atoms with Crippen LogP contribution in [0.3, 0.4) is 0 Å². The van der Waals surface area contributed by atoms with Crippen molar-refractivity contribution in [3.63, 3.8) is 0 Å². The highest BCUT2D eigenvalue weighted by Crippen LogP contribution is 2.18. The van der Waals surface area contributed by atoms with Gasteiger partial charge in [0.1, 0.15) is 11.7 Å². The fraction of sp³-hybridized carbons (Fsp3) is 0.250. The van der Waals surface area contributed by atoms with Crippen LogP contribution in [-0.4, -0.2) is 40.6 Å². The number of carbonyl (C=O) groups excluding carboxylic acids is 3. The summed E-state index contributed by atoms with van der Waals surface area (Å²) in [6.07, 6.45) is -0.283. The average molecular weight is 329 g/mol. The van der Waals surface area contributed by atoms with Gasteiger partial charge < -0.3 is 16.4 Å². The van der Waals surface area contributed by atoms with Gasteiger partial charge in [-0.15, -0.1) is 0 Å². The molecule has 1 atom stereocenters. The molecule has 0 aliphatic carbocycles. The lowest BCUT2D eigenvalue weighted by Crippen LogP contribution is -2.48. The van der Waals surface area contributed by atoms with E-state index in [2.05, 4.69) is 15.7 Å². The summed E-state index contributed by atoms with van der Waals surface area (Å²) in [5.74, 6) is -1.69. The van der Waals surface area contributed by atoms with Crippen LogP contribution in [0.25, 0.3) is 11.3 Å². The third-order valence-electron chi connectivity index (χ3n) is 3.46. The van der Waals surface area contributed by atoms with Crippen LogP contribution < -0.4 is 16.4 Å². The molecule has 0 saturated carbocycles. The van der Waals surface area contributed by atoms with Gasteiger partial charge in [-0.25, -0.2) is 0 Å². The van der Waals surface area contributed by atoms with E-state index in [4.69, 9.17) is 5.73 Å². The van der Waals surface area contributed by atoms with Crippen molar-refractivity contribution >= 4 is 17.7 Å². The zero-order valence-electron chi connectivity index (χ0n) is 13.4. The number of rotatable bonds is 6. The number of primary amides is 1. The molecule has 0 saturated heterocycles. The topological polar surface area (TPSA) is 119 Å². The lowest BCUT2D eigenvalue weighted by molar-refractivity contribution is -0.126. The maximum absolute atomic E-state index is 12.4. The van der Waals surface area contributed by atoms with Crippen LogP contribution in [0.1, 0.15) is 16.9 Å². The number of nitrogens with one attached hydrogen (secondary N) is 2. The number of carbonyl (C=O) groups is 3. The number of nitrogens with two attached hydrogens (primary N) is 1. The zero-order valence-corrected chi connectivity index (χ0v) is 13.4. The first-order valence-corrected chi connectivity index (χ1v) is 7.32. The minimum atomic E-state index is -1.03. The van der Waals surface area contributed by atoms with E-state index >= 15 is 0 Å². The minimum absolute atomic E-state index is 0.271. The smallest absolute Gasteiger partial charge is 0.270 e. The monoisotopic (exact) mass is 329 g/mol. The Hall–Kier alpha value is -3.16. The highest BCUT2D eigenvalue weighted by molar-refractivity contribution is 5.98. The number of likely N-dealkylation sites (N-methyl/N-ethyl adjacent to an activating group) is 1. The van der Waals surface area contributed by atoms with Crippen molar-refractivity contribution in [1.29, 1.82) is 0 Å². The Bertz CT molecular complexity index is 754. The van der Waals surface area contributed by atoms with Crippen molar-refractivity contribution in [2.45, 2.75) is 12.5 Å². The number of hydrogen-bond donors (Lipinski definition) is 3. The molecule has 2 rings (SSSR count). The van der Waals surface area contributed by atoms with Crippen molar-refractivity contribution in [3.05, 3.63) is 42.1 Å². The van der Waals surface area contributed by atoms with E-state index in [1.807, 2.05) is 30.3 Å². The zero-order chi connectivity index (χ0) is 17.7. The predicted octanol–water partition coefficient (Wildman–Crippen LogP) is -0.193. The highest BCUT2D eigenvalue weighted by atomic mass is 16.2. The SMILES string of the molecule is CNC(=O)[C@H](CC(N)=O)NC(=O)c1cc(-c2ccccc2)nn1C. The first-order valence-electron chi connectivity index (χ1n) is 7.32. The van der Waals surface area contributed by atoms with E-state index in [0.29, 0.717) is 5.69 Å². The summed E-state index contributed by atoms with van der Waals surface area (Å²) in [4.78, 5) is 35.3. The maximum Gasteiger partial charge on any atom is 0.270 e. The van der Waals surface area contributed by atoms with Crippen LogP contribution in [0, 0.1) is 0 Å². The molecule has 24 heavy (non-hydrogen) atoms. The van der Waals surface area contributed by atoms with Gasteiger partial charge in [-0.2, -0.15) is 5.10 Å². The average Bonchev–Trinajstić information content (AvgIpc) is 2.96. The first-order chi connectivity index (χ1) is 11.4. The number of hydrogen-bond acceptors (Lipinski definition) is 4. The van der Waals surface area contributed by atoms with Gasteiger partial charge >= 0.3 is 0 Å². The minimum Gasteiger partial charge on any atom is -0.370 e. The second kappa shape index (κ2) is 7.40. The molecule has 0 unspecified atom stereocenters. The summed E-state index contributed by atoms with van der Waals surface area (Å²) in [5, 5.41) is 9.20. The molecule has 0 spiro atoms. The van der Waals surface area contributed by atoms with Gasteiger partial charge in [-0.3, -0.25) is 19.1 Å². The number of aromatic nitrogens is 2. The molecule has 4 N–H and O–H groups in total. The largest absolute Gasteiger partial charge is 0.370 e. The normalized spacial score (nSPS) is 11.6. The molecule has 1 heterocycles. The summed E-state index contributed by atoms with van der Waals surface area (Å²) < 4.78 is 1.42. The van der Waals surface area contributed by atoms with Gasteiger partial charge in [0.15, 0.2) is 0 Å². The Morgan fingerprint density at radius 2 is 1.92 bits per heavy atom. The number of amides is 3. The van der Waals surface area contributed by atoms with E-state index < -0.39 is 23.8 Å². The first kappa shape index (κ1) is 17.2. The Morgan fingerprint density at radius 1 is 1.25 bits per heavy atom. The third kappa shape index (κ3) is 3.97. The van der Waals surface area contributed by atoms with Crippen LogP contribution in [0.5, 0.6) is 0 Å². The molecule has 0 aliphatic rings. The Labute approximate surface area is 139 Å². The van der Waals surface area contributed by atoms with Gasteiger partial charge in [0.05, 0.1) is 12.1 Å². The summed E-state index contributed by atoms with van der Waals surface area (Å²) >= 11 is 0. The van der Waals surface area contributed by atoms with Gasteiger partial charge in [0.2, 0.25) is 11.8 Å². The van der Waals surface area contributed by atoms with Crippen molar-refractivity contribution in [3.8, 4) is 11.3 Å². The summed E-state index contributed by atoms with van der Waals surface area (Å²) in [6.45, 7) is 0. The summed E-state index contributed by atoms with van der Waals surface area (Å²) in [6, 6.07) is 9.98. The molecule has 126 valence electrons. The lowest BCUT2D eigenvalue weighted by atomic mass is 10.1. The third-order valence-corrected chi connectivity index (χ3v) is 3.46. The second-order valence-corrected chi connectivity index (χ2v) is 5.22. The molecule has 0 fully saturated rings. The Kier molecular flexibility index (Phi) is 5.31. The maximum atomic E-state index is 12.4. The molecule has 0 bridgehead atoms. The van der Waals surface area contributed by atoms with Gasteiger partial charge in [0.25, 0.3) is 5.91 Å². The molecule has 8 heteroatoms. The fourth-order valence-electron chi connectivity index (χ4n) is 2.25. The van der Waals surface area contributed by atoms with Crippen molar-refractivity contribution in [2.75, 3.05) is 7.05 Å². The molecule has 8 nitrogen and oxygen atoms in total. The van der Waals surface area contributed by atoms with Gasteiger partial charge in [-0.1, -0.05) is 30.3 Å². The molecule has 0 radical (unpaired) electrons. The molecule has 1 aromatic heterocycles. The van der Waals surface area contributed by atoms with E-state index in [1.54, 1.807) is 13.1 Å². The quantitative estimate of drug-likeness (QED) is 0.680. The molecule has 3 amide bonds. The molecule has 1 aromatic carbocycles. The standard InChI is InChI=1S/C16H19N5O3/c1-18-15(23)12(9-14(17)22)19-16(24)13-8-11(20-21(13)2)10-6-4-3-5-7-10/h3-8,12H,9H2,1-2H3,(H2,17,22)(H,18,23)(H,19,24)/t12-/m0/s1. The van der Waals surface area contributed by atoms with E-state index in [1.165, 1.54) is 11.7 Å². The van der Waals surface area contributed by atoms with Crippen molar-refractivity contribution in [1.82, 2.24) is 20.4 Å². The number of nitrogens with zero attached hydrogens (tertiary/aromatic N) is 2. The van der Waals surface area contributed by atoms with E-state index in [-0.39, 0.29) is 12.1 Å². The Morgan fingerprint density at radius 3 is 2.50 bits per heavy atom.